The van der Waals surface area contributed by atoms with Crippen LogP contribution >= 0.6 is 11.6 Å². The van der Waals surface area contributed by atoms with Crippen molar-refractivity contribution in [1.29, 1.82) is 0 Å². The first kappa shape index (κ1) is 12.0. The lowest BCUT2D eigenvalue weighted by Crippen LogP contribution is -1.89. The number of benzene rings is 2. The summed E-state index contributed by atoms with van der Waals surface area (Å²) in [5, 5.41) is 0.00843. The maximum atomic E-state index is 12.8. The summed E-state index contributed by atoms with van der Waals surface area (Å²) in [7, 11) is 0. The van der Waals surface area contributed by atoms with Crippen LogP contribution < -0.4 is 0 Å². The second-order valence-electron chi connectivity index (χ2n) is 3.52. The molecule has 0 aliphatic heterocycles. The van der Waals surface area contributed by atoms with Gasteiger partial charge >= 0.3 is 0 Å². The zero-order valence-electron chi connectivity index (χ0n) is 8.63. The third-order valence-corrected chi connectivity index (χ3v) is 2.84. The molecule has 0 aliphatic rings. The Morgan fingerprint density at radius 2 is 1.59 bits per heavy atom. The van der Waals surface area contributed by atoms with Crippen molar-refractivity contribution in [3.8, 4) is 11.1 Å². The predicted molar refractivity (Wildman–Crippen MR) is 61.8 cm³/mol. The van der Waals surface area contributed by atoms with Crippen molar-refractivity contribution < 1.29 is 13.2 Å². The summed E-state index contributed by atoms with van der Waals surface area (Å²) >= 11 is 5.90. The van der Waals surface area contributed by atoms with Crippen LogP contribution in [0.3, 0.4) is 0 Å². The summed E-state index contributed by atoms with van der Waals surface area (Å²) in [5.41, 5.74) is 0.872. The molecule has 88 valence electrons. The van der Waals surface area contributed by atoms with Gasteiger partial charge in [-0.1, -0.05) is 41.9 Å². The summed E-state index contributed by atoms with van der Waals surface area (Å²) in [6.45, 7) is 0. The van der Waals surface area contributed by atoms with Crippen LogP contribution in [0.25, 0.3) is 11.1 Å². The molecule has 0 bridgehead atoms. The molecule has 2 aromatic carbocycles. The predicted octanol–water partition coefficient (Wildman–Crippen LogP) is 5.08. The van der Waals surface area contributed by atoms with Crippen LogP contribution in [0.1, 0.15) is 12.0 Å². The molecular weight excluding hydrogens is 249 g/mol. The number of halogens is 4. The van der Waals surface area contributed by atoms with Crippen molar-refractivity contribution in [3.63, 3.8) is 0 Å². The molecule has 17 heavy (non-hydrogen) atoms. The van der Waals surface area contributed by atoms with Crippen LogP contribution in [0, 0.1) is 5.82 Å². The summed E-state index contributed by atoms with van der Waals surface area (Å²) < 4.78 is 38.0. The van der Waals surface area contributed by atoms with Gasteiger partial charge in [0.1, 0.15) is 5.82 Å². The van der Waals surface area contributed by atoms with Crippen LogP contribution in [0.15, 0.2) is 42.5 Å². The van der Waals surface area contributed by atoms with Crippen LogP contribution in [-0.4, -0.2) is 0 Å². The first-order chi connectivity index (χ1) is 8.09. The monoisotopic (exact) mass is 256 g/mol. The van der Waals surface area contributed by atoms with E-state index in [2.05, 4.69) is 0 Å². The Balaban J connectivity index is 2.52. The first-order valence-electron chi connectivity index (χ1n) is 4.92. The molecular formula is C13H8ClF3. The van der Waals surface area contributed by atoms with E-state index >= 15 is 0 Å². The van der Waals surface area contributed by atoms with E-state index in [1.807, 2.05) is 0 Å². The molecule has 0 radical (unpaired) electrons. The van der Waals surface area contributed by atoms with Crippen LogP contribution in [0.4, 0.5) is 13.2 Å². The lowest BCUT2D eigenvalue weighted by Gasteiger charge is -2.09. The fourth-order valence-corrected chi connectivity index (χ4v) is 1.89. The standard InChI is InChI=1S/C13H8ClF3/c14-12-10(2-1-3-11(12)13(16)17)8-4-6-9(15)7-5-8/h1-7,13H. The Morgan fingerprint density at radius 3 is 2.18 bits per heavy atom. The Hall–Kier alpha value is -1.48. The molecule has 0 saturated heterocycles. The van der Waals surface area contributed by atoms with Crippen LogP contribution in [0.5, 0.6) is 0 Å². The van der Waals surface area contributed by atoms with Crippen LogP contribution in [-0.2, 0) is 0 Å². The van der Waals surface area contributed by atoms with E-state index in [4.69, 9.17) is 11.6 Å². The molecule has 0 fully saturated rings. The topological polar surface area (TPSA) is 0 Å². The van der Waals surface area contributed by atoms with Gasteiger partial charge in [-0.25, -0.2) is 13.2 Å². The molecule has 0 spiro atoms. The maximum absolute atomic E-state index is 12.8. The number of hydrogen-bond donors (Lipinski definition) is 0. The molecule has 0 heterocycles. The molecule has 0 aliphatic carbocycles. The quantitative estimate of drug-likeness (QED) is 0.703. The number of alkyl halides is 2. The van der Waals surface area contributed by atoms with Gasteiger partial charge in [-0.3, -0.25) is 0 Å². The Labute approximate surface area is 102 Å². The van der Waals surface area contributed by atoms with Crippen molar-refractivity contribution in [3.05, 3.63) is 58.9 Å². The maximum Gasteiger partial charge on any atom is 0.265 e. The molecule has 4 heteroatoms. The van der Waals surface area contributed by atoms with E-state index in [1.165, 1.54) is 36.4 Å². The molecule has 0 amide bonds. The van der Waals surface area contributed by atoms with Gasteiger partial charge in [0.05, 0.1) is 5.02 Å². The highest BCUT2D eigenvalue weighted by molar-refractivity contribution is 6.34. The van der Waals surface area contributed by atoms with E-state index in [0.717, 1.165) is 0 Å². The van der Waals surface area contributed by atoms with E-state index in [1.54, 1.807) is 6.07 Å². The largest absolute Gasteiger partial charge is 0.265 e. The van der Waals surface area contributed by atoms with E-state index in [-0.39, 0.29) is 16.4 Å². The van der Waals surface area contributed by atoms with Gasteiger partial charge in [0.25, 0.3) is 6.43 Å². The minimum Gasteiger partial charge on any atom is -0.207 e. The molecule has 0 nitrogen and oxygen atoms in total. The number of hydrogen-bond acceptors (Lipinski definition) is 0. The van der Waals surface area contributed by atoms with Crippen molar-refractivity contribution >= 4 is 11.6 Å². The summed E-state index contributed by atoms with van der Waals surface area (Å²) in [4.78, 5) is 0. The van der Waals surface area contributed by atoms with Crippen molar-refractivity contribution in [2.75, 3.05) is 0 Å². The molecule has 2 rings (SSSR count). The average Bonchev–Trinajstić information content (AvgIpc) is 2.30. The van der Waals surface area contributed by atoms with Gasteiger partial charge in [-0.2, -0.15) is 0 Å². The normalized spacial score (nSPS) is 10.9. The highest BCUT2D eigenvalue weighted by Gasteiger charge is 2.15. The third kappa shape index (κ3) is 2.44. The lowest BCUT2D eigenvalue weighted by molar-refractivity contribution is 0.151. The lowest BCUT2D eigenvalue weighted by atomic mass is 10.0. The highest BCUT2D eigenvalue weighted by atomic mass is 35.5. The fraction of sp³-hybridized carbons (Fsp3) is 0.0769. The Bertz CT molecular complexity index is 521. The zero-order valence-corrected chi connectivity index (χ0v) is 9.39. The molecule has 0 saturated carbocycles. The smallest absolute Gasteiger partial charge is 0.207 e. The summed E-state index contributed by atoms with van der Waals surface area (Å²) in [6, 6.07) is 9.95. The van der Waals surface area contributed by atoms with Gasteiger partial charge in [0.15, 0.2) is 0 Å². The van der Waals surface area contributed by atoms with Crippen molar-refractivity contribution in [2.24, 2.45) is 0 Å². The Morgan fingerprint density at radius 1 is 0.941 bits per heavy atom. The average molecular weight is 257 g/mol. The minimum atomic E-state index is -2.62. The highest BCUT2D eigenvalue weighted by Crippen LogP contribution is 2.35. The number of rotatable bonds is 2. The van der Waals surface area contributed by atoms with Crippen molar-refractivity contribution in [1.82, 2.24) is 0 Å². The van der Waals surface area contributed by atoms with Gasteiger partial charge in [-0.15, -0.1) is 0 Å². The molecule has 0 atom stereocenters. The molecule has 0 N–H and O–H groups in total. The van der Waals surface area contributed by atoms with E-state index < -0.39 is 6.43 Å². The summed E-state index contributed by atoms with van der Waals surface area (Å²) in [5.74, 6) is -0.380. The van der Waals surface area contributed by atoms with E-state index in [0.29, 0.717) is 11.1 Å². The SMILES string of the molecule is Fc1ccc(-c2cccc(C(F)F)c2Cl)cc1. The second-order valence-corrected chi connectivity index (χ2v) is 3.89. The third-order valence-electron chi connectivity index (χ3n) is 2.42. The van der Waals surface area contributed by atoms with Crippen LogP contribution in [0.2, 0.25) is 5.02 Å². The Kier molecular flexibility index (Phi) is 3.38. The zero-order chi connectivity index (χ0) is 12.4. The first-order valence-corrected chi connectivity index (χ1v) is 5.30. The molecule has 0 unspecified atom stereocenters. The van der Waals surface area contributed by atoms with Gasteiger partial charge in [-0.05, 0) is 17.7 Å². The fourth-order valence-electron chi connectivity index (χ4n) is 1.57. The van der Waals surface area contributed by atoms with Crippen molar-refractivity contribution in [2.45, 2.75) is 6.43 Å². The van der Waals surface area contributed by atoms with Gasteiger partial charge in [0.2, 0.25) is 0 Å². The van der Waals surface area contributed by atoms with Gasteiger partial charge < -0.3 is 0 Å². The van der Waals surface area contributed by atoms with E-state index in [9.17, 15) is 13.2 Å². The van der Waals surface area contributed by atoms with Gasteiger partial charge in [0, 0.05) is 11.1 Å². The second kappa shape index (κ2) is 4.80. The minimum absolute atomic E-state index is 0.00843. The summed E-state index contributed by atoms with van der Waals surface area (Å²) in [6.07, 6.45) is -2.62. The molecule has 2 aromatic rings. The molecule has 0 aromatic heterocycles.